The first-order chi connectivity index (χ1) is 33.5. The zero-order chi connectivity index (χ0) is 49.3. The molecule has 0 spiro atoms. The average molecular weight is 954 g/mol. The number of hydrogen-bond acceptors (Lipinski definition) is 6. The van der Waals surface area contributed by atoms with E-state index in [-0.39, 0.29) is 31.1 Å². The number of allylic oxidation sites excluding steroid dienone is 8. The van der Waals surface area contributed by atoms with Gasteiger partial charge in [-0.15, -0.1) is 0 Å². The molecule has 0 fully saturated rings. The lowest BCUT2D eigenvalue weighted by atomic mass is 10.0. The molecular weight excluding hydrogens is 841 g/mol. The quantitative estimate of drug-likeness (QED) is 0.0262. The van der Waals surface area contributed by atoms with Gasteiger partial charge in [-0.2, -0.15) is 0 Å². The molecule has 0 aliphatic heterocycles. The van der Waals surface area contributed by atoms with Crippen molar-refractivity contribution in [3.05, 3.63) is 48.6 Å². The summed E-state index contributed by atoms with van der Waals surface area (Å²) in [5.41, 5.74) is 0. The van der Waals surface area contributed by atoms with Gasteiger partial charge < -0.3 is 14.2 Å². The predicted octanol–water partition coefficient (Wildman–Crippen LogP) is 19.8. The summed E-state index contributed by atoms with van der Waals surface area (Å²) in [4.78, 5) is 38.2. The van der Waals surface area contributed by atoms with Gasteiger partial charge in [-0.3, -0.25) is 14.4 Å². The van der Waals surface area contributed by atoms with Gasteiger partial charge in [0.2, 0.25) is 0 Å². The number of esters is 3. The van der Waals surface area contributed by atoms with E-state index in [1.54, 1.807) is 0 Å². The molecule has 1 atom stereocenters. The smallest absolute Gasteiger partial charge is 0.306 e. The van der Waals surface area contributed by atoms with Crippen molar-refractivity contribution in [1.82, 2.24) is 0 Å². The molecule has 0 aliphatic rings. The second-order valence-corrected chi connectivity index (χ2v) is 19.9. The van der Waals surface area contributed by atoms with Gasteiger partial charge in [0.25, 0.3) is 0 Å². The highest BCUT2D eigenvalue weighted by Crippen LogP contribution is 2.16. The highest BCUT2D eigenvalue weighted by molar-refractivity contribution is 5.71. The SMILES string of the molecule is CCCCC/C=C\C/C=C\CCCCCCCCCC(=O)OC(COC(=O)CCCCCCCCCCC/C=C\C/C=C\CCCCCCC)COC(=O)CCCCCCCCCCCCCC. The normalized spacial score (nSPS) is 12.3. The first kappa shape index (κ1) is 65.4. The van der Waals surface area contributed by atoms with Crippen molar-refractivity contribution in [3.8, 4) is 0 Å². The fraction of sp³-hybridized carbons (Fsp3) is 0.823. The third kappa shape index (κ3) is 54.3. The molecule has 396 valence electrons. The molecule has 0 N–H and O–H groups in total. The van der Waals surface area contributed by atoms with Crippen molar-refractivity contribution in [2.75, 3.05) is 13.2 Å². The Morgan fingerprint density at radius 2 is 0.529 bits per heavy atom. The minimum atomic E-state index is -0.777. The molecule has 0 aromatic rings. The van der Waals surface area contributed by atoms with Crippen LogP contribution in [0.5, 0.6) is 0 Å². The molecule has 6 nitrogen and oxygen atoms in total. The number of unbranched alkanes of at least 4 members (excludes halogenated alkanes) is 35. The molecule has 0 bridgehead atoms. The van der Waals surface area contributed by atoms with Gasteiger partial charge in [-0.25, -0.2) is 0 Å². The highest BCUT2D eigenvalue weighted by Gasteiger charge is 2.19. The van der Waals surface area contributed by atoms with Gasteiger partial charge in [0.05, 0.1) is 0 Å². The van der Waals surface area contributed by atoms with Crippen molar-refractivity contribution in [2.45, 2.75) is 316 Å². The van der Waals surface area contributed by atoms with E-state index < -0.39 is 6.10 Å². The molecule has 0 rings (SSSR count). The fourth-order valence-electron chi connectivity index (χ4n) is 8.56. The first-order valence-corrected chi connectivity index (χ1v) is 29.6. The van der Waals surface area contributed by atoms with Crippen LogP contribution in [0.15, 0.2) is 48.6 Å². The molecule has 0 aliphatic carbocycles. The number of rotatable bonds is 54. The molecule has 68 heavy (non-hydrogen) atoms. The molecule has 0 saturated heterocycles. The maximum absolute atomic E-state index is 12.9. The van der Waals surface area contributed by atoms with E-state index in [0.717, 1.165) is 77.0 Å². The summed E-state index contributed by atoms with van der Waals surface area (Å²) in [5, 5.41) is 0. The van der Waals surface area contributed by atoms with Crippen molar-refractivity contribution < 1.29 is 28.6 Å². The predicted molar refractivity (Wildman–Crippen MR) is 293 cm³/mol. The standard InChI is InChI=1S/C62H112O6/c1-4-7-10-13-16-19-22-25-27-29-30-31-32-34-35-37-40-43-46-49-52-55-61(64)67-58-59(57-66-60(63)54-51-48-45-42-39-24-21-18-15-12-9-6-3)68-62(65)56-53-50-47-44-41-38-36-33-28-26-23-20-17-14-11-8-5-2/h17,20,22,25-26,28-30,59H,4-16,18-19,21,23-24,27,31-58H2,1-3H3/b20-17-,25-22-,28-26-,30-29-. The van der Waals surface area contributed by atoms with Crippen LogP contribution in [0.3, 0.4) is 0 Å². The maximum atomic E-state index is 12.9. The van der Waals surface area contributed by atoms with E-state index in [9.17, 15) is 14.4 Å². The topological polar surface area (TPSA) is 78.9 Å². The lowest BCUT2D eigenvalue weighted by molar-refractivity contribution is -0.167. The summed E-state index contributed by atoms with van der Waals surface area (Å²) in [6.45, 7) is 6.63. The van der Waals surface area contributed by atoms with Gasteiger partial charge in [-0.05, 0) is 83.5 Å². The van der Waals surface area contributed by atoms with Crippen LogP contribution in [0.1, 0.15) is 310 Å². The van der Waals surface area contributed by atoms with Crippen LogP contribution in [0.25, 0.3) is 0 Å². The monoisotopic (exact) mass is 953 g/mol. The Hall–Kier alpha value is -2.63. The fourth-order valence-corrected chi connectivity index (χ4v) is 8.56. The summed E-state index contributed by atoms with van der Waals surface area (Å²) in [6.07, 6.45) is 69.5. The Kier molecular flexibility index (Phi) is 54.8. The van der Waals surface area contributed by atoms with Crippen LogP contribution in [0.4, 0.5) is 0 Å². The third-order valence-corrected chi connectivity index (χ3v) is 13.1. The molecular formula is C62H112O6. The van der Waals surface area contributed by atoms with Crippen molar-refractivity contribution in [1.29, 1.82) is 0 Å². The third-order valence-electron chi connectivity index (χ3n) is 13.1. The summed E-state index contributed by atoms with van der Waals surface area (Å²) in [6, 6.07) is 0. The van der Waals surface area contributed by atoms with Crippen molar-refractivity contribution in [2.24, 2.45) is 0 Å². The maximum Gasteiger partial charge on any atom is 0.306 e. The Balaban J connectivity index is 4.32. The average Bonchev–Trinajstić information content (AvgIpc) is 3.34. The Bertz CT molecular complexity index is 1190. The minimum absolute atomic E-state index is 0.0747. The van der Waals surface area contributed by atoms with Crippen LogP contribution in [0.2, 0.25) is 0 Å². The van der Waals surface area contributed by atoms with Crippen LogP contribution < -0.4 is 0 Å². The summed E-state index contributed by atoms with van der Waals surface area (Å²) < 4.78 is 16.9. The van der Waals surface area contributed by atoms with Gasteiger partial charge in [0.15, 0.2) is 6.10 Å². The molecule has 0 heterocycles. The molecule has 0 aromatic carbocycles. The molecule has 1 unspecified atom stereocenters. The van der Waals surface area contributed by atoms with E-state index in [0.29, 0.717) is 19.3 Å². The Morgan fingerprint density at radius 1 is 0.294 bits per heavy atom. The van der Waals surface area contributed by atoms with Gasteiger partial charge in [0.1, 0.15) is 13.2 Å². The number of carbonyl (C=O) groups excluding carboxylic acids is 3. The lowest BCUT2D eigenvalue weighted by Gasteiger charge is -2.18. The molecule has 0 amide bonds. The first-order valence-electron chi connectivity index (χ1n) is 29.6. The molecule has 0 saturated carbocycles. The van der Waals surface area contributed by atoms with Crippen LogP contribution in [0, 0.1) is 0 Å². The van der Waals surface area contributed by atoms with Crippen molar-refractivity contribution in [3.63, 3.8) is 0 Å². The summed E-state index contributed by atoms with van der Waals surface area (Å²) in [5.74, 6) is -0.872. The summed E-state index contributed by atoms with van der Waals surface area (Å²) in [7, 11) is 0. The van der Waals surface area contributed by atoms with Crippen LogP contribution in [-0.4, -0.2) is 37.2 Å². The zero-order valence-corrected chi connectivity index (χ0v) is 45.4. The number of ether oxygens (including phenoxy) is 3. The Morgan fingerprint density at radius 3 is 0.838 bits per heavy atom. The zero-order valence-electron chi connectivity index (χ0n) is 45.4. The van der Waals surface area contributed by atoms with Gasteiger partial charge in [-0.1, -0.05) is 256 Å². The van der Waals surface area contributed by atoms with Crippen LogP contribution >= 0.6 is 0 Å². The van der Waals surface area contributed by atoms with Gasteiger partial charge >= 0.3 is 17.9 Å². The van der Waals surface area contributed by atoms with E-state index in [4.69, 9.17) is 14.2 Å². The molecule has 6 heteroatoms. The summed E-state index contributed by atoms with van der Waals surface area (Å²) >= 11 is 0. The van der Waals surface area contributed by atoms with E-state index in [2.05, 4.69) is 69.4 Å². The minimum Gasteiger partial charge on any atom is -0.462 e. The number of carbonyl (C=O) groups is 3. The molecule has 0 radical (unpaired) electrons. The largest absolute Gasteiger partial charge is 0.462 e. The van der Waals surface area contributed by atoms with Crippen LogP contribution in [-0.2, 0) is 28.6 Å². The lowest BCUT2D eigenvalue weighted by Crippen LogP contribution is -2.30. The van der Waals surface area contributed by atoms with Crippen molar-refractivity contribution >= 4 is 17.9 Å². The van der Waals surface area contributed by atoms with E-state index in [1.807, 2.05) is 0 Å². The number of hydrogen-bond donors (Lipinski definition) is 0. The second-order valence-electron chi connectivity index (χ2n) is 19.9. The molecule has 0 aromatic heterocycles. The van der Waals surface area contributed by atoms with Gasteiger partial charge in [0, 0.05) is 19.3 Å². The highest BCUT2D eigenvalue weighted by atomic mass is 16.6. The Labute approximate surface area is 422 Å². The second kappa shape index (κ2) is 57.0. The van der Waals surface area contributed by atoms with E-state index in [1.165, 1.54) is 193 Å². The van der Waals surface area contributed by atoms with E-state index >= 15 is 0 Å².